The fourth-order valence-electron chi connectivity index (χ4n) is 2.45. The molecule has 0 bridgehead atoms. The SMILES string of the molecule is Cl.FC(F)(F)CCCOc1ccc(C2CCNCC2)cc1. The molecule has 2 rings (SSSR count). The second kappa shape index (κ2) is 8.49. The molecule has 1 saturated heterocycles. The van der Waals surface area contributed by atoms with E-state index in [1.807, 2.05) is 24.3 Å². The number of hydrogen-bond acceptors (Lipinski definition) is 2. The van der Waals surface area contributed by atoms with Gasteiger partial charge in [0.05, 0.1) is 6.61 Å². The molecule has 1 aromatic rings. The Kier molecular flexibility index (Phi) is 7.32. The lowest BCUT2D eigenvalue weighted by atomic mass is 9.90. The van der Waals surface area contributed by atoms with Crippen molar-refractivity contribution < 1.29 is 17.9 Å². The number of nitrogens with one attached hydrogen (secondary N) is 1. The van der Waals surface area contributed by atoms with Crippen LogP contribution in [-0.4, -0.2) is 25.9 Å². The molecule has 0 unspecified atom stereocenters. The summed E-state index contributed by atoms with van der Waals surface area (Å²) in [4.78, 5) is 0. The van der Waals surface area contributed by atoms with Crippen molar-refractivity contribution in [1.29, 1.82) is 0 Å². The molecule has 1 aliphatic rings. The lowest BCUT2D eigenvalue weighted by Crippen LogP contribution is -2.26. The van der Waals surface area contributed by atoms with Crippen molar-refractivity contribution in [1.82, 2.24) is 5.32 Å². The van der Waals surface area contributed by atoms with E-state index in [9.17, 15) is 13.2 Å². The van der Waals surface area contributed by atoms with E-state index in [1.54, 1.807) is 0 Å². The van der Waals surface area contributed by atoms with Gasteiger partial charge in [0, 0.05) is 6.42 Å². The van der Waals surface area contributed by atoms with Gasteiger partial charge in [0.1, 0.15) is 5.75 Å². The largest absolute Gasteiger partial charge is 0.494 e. The molecule has 0 spiro atoms. The Morgan fingerprint density at radius 1 is 1.10 bits per heavy atom. The lowest BCUT2D eigenvalue weighted by molar-refractivity contribution is -0.136. The predicted octanol–water partition coefficient (Wildman–Crippen LogP) is 4.30. The molecule has 1 aromatic carbocycles. The second-order valence-electron chi connectivity index (χ2n) is 5.16. The first-order valence-corrected chi connectivity index (χ1v) is 7.05. The quantitative estimate of drug-likeness (QED) is 0.816. The average Bonchev–Trinajstić information content (AvgIpc) is 2.44. The number of piperidine rings is 1. The predicted molar refractivity (Wildman–Crippen MR) is 79.3 cm³/mol. The van der Waals surface area contributed by atoms with Crippen LogP contribution in [0.3, 0.4) is 0 Å². The van der Waals surface area contributed by atoms with E-state index in [4.69, 9.17) is 4.74 Å². The topological polar surface area (TPSA) is 21.3 Å². The molecule has 0 aliphatic carbocycles. The molecular weight excluding hydrogens is 303 g/mol. The molecule has 1 aliphatic heterocycles. The molecule has 1 N–H and O–H groups in total. The van der Waals surface area contributed by atoms with Crippen LogP contribution in [0.2, 0.25) is 0 Å². The summed E-state index contributed by atoms with van der Waals surface area (Å²) in [7, 11) is 0. The Balaban J connectivity index is 0.00000220. The molecule has 21 heavy (non-hydrogen) atoms. The molecule has 2 nitrogen and oxygen atoms in total. The van der Waals surface area contributed by atoms with Crippen molar-refractivity contribution in [2.24, 2.45) is 0 Å². The molecule has 120 valence electrons. The van der Waals surface area contributed by atoms with Crippen LogP contribution in [0.15, 0.2) is 24.3 Å². The maximum Gasteiger partial charge on any atom is 0.389 e. The molecule has 0 aromatic heterocycles. The van der Waals surface area contributed by atoms with Crippen molar-refractivity contribution in [3.8, 4) is 5.75 Å². The smallest absolute Gasteiger partial charge is 0.389 e. The number of halogens is 4. The van der Waals surface area contributed by atoms with Crippen LogP contribution in [0.1, 0.15) is 37.2 Å². The van der Waals surface area contributed by atoms with Crippen LogP contribution in [0.4, 0.5) is 13.2 Å². The summed E-state index contributed by atoms with van der Waals surface area (Å²) in [6, 6.07) is 7.75. The molecule has 0 saturated carbocycles. The summed E-state index contributed by atoms with van der Waals surface area (Å²) < 4.78 is 41.3. The third kappa shape index (κ3) is 6.57. The van der Waals surface area contributed by atoms with Gasteiger partial charge in [-0.15, -0.1) is 12.4 Å². The summed E-state index contributed by atoms with van der Waals surface area (Å²) in [6.07, 6.45) is -2.63. The molecule has 6 heteroatoms. The van der Waals surface area contributed by atoms with Crippen molar-refractivity contribution in [3.05, 3.63) is 29.8 Å². The van der Waals surface area contributed by atoms with Crippen LogP contribution < -0.4 is 10.1 Å². The van der Waals surface area contributed by atoms with E-state index < -0.39 is 12.6 Å². The molecule has 1 heterocycles. The molecular formula is C15H21ClF3NO. The van der Waals surface area contributed by atoms with Crippen LogP contribution >= 0.6 is 12.4 Å². The first-order valence-electron chi connectivity index (χ1n) is 7.05. The van der Waals surface area contributed by atoms with Crippen LogP contribution in [-0.2, 0) is 0 Å². The number of benzene rings is 1. The second-order valence-corrected chi connectivity index (χ2v) is 5.16. The number of rotatable bonds is 5. The maximum absolute atomic E-state index is 12.0. The van der Waals surface area contributed by atoms with Gasteiger partial charge >= 0.3 is 6.18 Å². The summed E-state index contributed by atoms with van der Waals surface area (Å²) in [6.45, 7) is 2.19. The van der Waals surface area contributed by atoms with E-state index in [-0.39, 0.29) is 25.4 Å². The van der Waals surface area contributed by atoms with E-state index in [0.717, 1.165) is 25.9 Å². The Bertz CT molecular complexity index is 402. The average molecular weight is 324 g/mol. The molecule has 0 amide bonds. The summed E-state index contributed by atoms with van der Waals surface area (Å²) in [5.74, 6) is 1.22. The van der Waals surface area contributed by atoms with Crippen molar-refractivity contribution in [2.75, 3.05) is 19.7 Å². The highest BCUT2D eigenvalue weighted by molar-refractivity contribution is 5.85. The first kappa shape index (κ1) is 18.1. The number of hydrogen-bond donors (Lipinski definition) is 1. The third-order valence-corrected chi connectivity index (χ3v) is 3.56. The highest BCUT2D eigenvalue weighted by Crippen LogP contribution is 2.27. The van der Waals surface area contributed by atoms with Crippen molar-refractivity contribution in [3.63, 3.8) is 0 Å². The summed E-state index contributed by atoms with van der Waals surface area (Å²) in [5, 5.41) is 3.33. The van der Waals surface area contributed by atoms with Gasteiger partial charge < -0.3 is 10.1 Å². The van der Waals surface area contributed by atoms with Gasteiger partial charge in [-0.3, -0.25) is 0 Å². The number of alkyl halides is 3. The number of ether oxygens (including phenoxy) is 1. The zero-order valence-electron chi connectivity index (χ0n) is 11.8. The highest BCUT2D eigenvalue weighted by Gasteiger charge is 2.26. The third-order valence-electron chi connectivity index (χ3n) is 3.56. The van der Waals surface area contributed by atoms with E-state index in [2.05, 4.69) is 5.32 Å². The van der Waals surface area contributed by atoms with Gasteiger partial charge in [-0.25, -0.2) is 0 Å². The fraction of sp³-hybridized carbons (Fsp3) is 0.600. The van der Waals surface area contributed by atoms with Gasteiger partial charge in [0.15, 0.2) is 0 Å². The molecule has 1 fully saturated rings. The van der Waals surface area contributed by atoms with Crippen molar-refractivity contribution in [2.45, 2.75) is 37.8 Å². The minimum atomic E-state index is -4.10. The Hall–Kier alpha value is -0.940. The Labute approximate surface area is 129 Å². The van der Waals surface area contributed by atoms with Crippen LogP contribution in [0.5, 0.6) is 5.75 Å². The minimum Gasteiger partial charge on any atom is -0.494 e. The zero-order valence-corrected chi connectivity index (χ0v) is 12.6. The fourth-order valence-corrected chi connectivity index (χ4v) is 2.45. The summed E-state index contributed by atoms with van der Waals surface area (Å²) >= 11 is 0. The van der Waals surface area contributed by atoms with Gasteiger partial charge in [-0.2, -0.15) is 13.2 Å². The Morgan fingerprint density at radius 3 is 2.29 bits per heavy atom. The van der Waals surface area contributed by atoms with Crippen molar-refractivity contribution >= 4 is 12.4 Å². The summed E-state index contributed by atoms with van der Waals surface area (Å²) in [5.41, 5.74) is 1.29. The van der Waals surface area contributed by atoms with Gasteiger partial charge in [0.25, 0.3) is 0 Å². The standard InChI is InChI=1S/C15H20F3NO.ClH/c16-15(17,18)8-1-11-20-14-4-2-12(3-5-14)13-6-9-19-10-7-13;/h2-5,13,19H,1,6-11H2;1H. The Morgan fingerprint density at radius 2 is 1.71 bits per heavy atom. The van der Waals surface area contributed by atoms with Gasteiger partial charge in [-0.05, 0) is 56.0 Å². The van der Waals surface area contributed by atoms with Crippen LogP contribution in [0.25, 0.3) is 0 Å². The lowest BCUT2D eigenvalue weighted by Gasteiger charge is -2.23. The molecule has 0 radical (unpaired) electrons. The van der Waals surface area contributed by atoms with Crippen LogP contribution in [0, 0.1) is 0 Å². The monoisotopic (exact) mass is 323 g/mol. The minimum absolute atomic E-state index is 0. The van der Waals surface area contributed by atoms with Gasteiger partial charge in [0.2, 0.25) is 0 Å². The van der Waals surface area contributed by atoms with Gasteiger partial charge in [-0.1, -0.05) is 12.1 Å². The zero-order chi connectivity index (χ0) is 14.4. The highest BCUT2D eigenvalue weighted by atomic mass is 35.5. The normalized spacial score (nSPS) is 16.3. The van der Waals surface area contributed by atoms with E-state index in [1.165, 1.54) is 5.56 Å². The van der Waals surface area contributed by atoms with E-state index >= 15 is 0 Å². The maximum atomic E-state index is 12.0. The molecule has 0 atom stereocenters. The van der Waals surface area contributed by atoms with E-state index in [0.29, 0.717) is 11.7 Å². The first-order chi connectivity index (χ1) is 9.54.